The van der Waals surface area contributed by atoms with E-state index in [1.807, 2.05) is 30.5 Å². The molecule has 2 heterocycles. The minimum Gasteiger partial charge on any atom is -0.469 e. The van der Waals surface area contributed by atoms with E-state index in [9.17, 15) is 0 Å². The number of guanidine groups is 1. The molecular weight excluding hydrogens is 348 g/mol. The molecule has 0 aromatic carbocycles. The van der Waals surface area contributed by atoms with Crippen LogP contribution in [-0.4, -0.2) is 30.1 Å². The number of rotatable bonds is 7. The van der Waals surface area contributed by atoms with E-state index in [-0.39, 0.29) is 0 Å². The Balaban J connectivity index is 1.51. The van der Waals surface area contributed by atoms with Gasteiger partial charge in [0.15, 0.2) is 5.96 Å². The van der Waals surface area contributed by atoms with E-state index in [1.54, 1.807) is 6.26 Å². The highest BCUT2D eigenvalue weighted by atomic mass is 35.5. The van der Waals surface area contributed by atoms with Gasteiger partial charge in [0, 0.05) is 31.7 Å². The Bertz CT molecular complexity index is 664. The van der Waals surface area contributed by atoms with Gasteiger partial charge in [0.1, 0.15) is 10.9 Å². The van der Waals surface area contributed by atoms with Crippen molar-refractivity contribution in [2.75, 3.05) is 13.1 Å². The fourth-order valence-electron chi connectivity index (χ4n) is 3.21. The molecule has 0 radical (unpaired) electrons. The second-order valence-corrected chi connectivity index (χ2v) is 7.09. The first kappa shape index (κ1) is 18.8. The molecule has 5 nitrogen and oxygen atoms in total. The summed E-state index contributed by atoms with van der Waals surface area (Å²) in [6.07, 6.45) is 11.6. The van der Waals surface area contributed by atoms with Gasteiger partial charge in [-0.25, -0.2) is 4.98 Å². The Morgan fingerprint density at radius 3 is 2.81 bits per heavy atom. The van der Waals surface area contributed by atoms with Gasteiger partial charge in [0.2, 0.25) is 0 Å². The highest BCUT2D eigenvalue weighted by Crippen LogP contribution is 2.17. The number of nitrogens with one attached hydrogen (secondary N) is 2. The number of hydrogen-bond donors (Lipinski definition) is 2. The van der Waals surface area contributed by atoms with Gasteiger partial charge in [-0.2, -0.15) is 0 Å². The van der Waals surface area contributed by atoms with Crippen molar-refractivity contribution in [2.24, 2.45) is 4.99 Å². The van der Waals surface area contributed by atoms with Crippen molar-refractivity contribution in [3.05, 3.63) is 53.2 Å². The van der Waals surface area contributed by atoms with E-state index in [0.29, 0.717) is 17.7 Å². The maximum atomic E-state index is 5.84. The standard InChI is InChI=1S/C20H27ClN4O/c21-19-9-8-16(15-24-19)10-12-22-20(25-17-5-2-1-3-6-17)23-13-11-18-7-4-14-26-18/h4,7-9,14-15,17H,1-3,5-6,10-13H2,(H2,22,23,25). The number of pyridine rings is 1. The fraction of sp³-hybridized carbons (Fsp3) is 0.500. The Hall–Kier alpha value is -2.01. The van der Waals surface area contributed by atoms with Gasteiger partial charge < -0.3 is 15.1 Å². The molecule has 0 bridgehead atoms. The zero-order valence-electron chi connectivity index (χ0n) is 15.1. The van der Waals surface area contributed by atoms with Crippen LogP contribution in [0.2, 0.25) is 5.15 Å². The quantitative estimate of drug-likeness (QED) is 0.437. The molecule has 2 aromatic rings. The van der Waals surface area contributed by atoms with Gasteiger partial charge in [-0.3, -0.25) is 4.99 Å². The van der Waals surface area contributed by atoms with E-state index in [2.05, 4.69) is 15.6 Å². The maximum absolute atomic E-state index is 5.84. The zero-order chi connectivity index (χ0) is 18.0. The number of aliphatic imine (C=N–C) groups is 1. The molecule has 2 aromatic heterocycles. The molecule has 0 atom stereocenters. The summed E-state index contributed by atoms with van der Waals surface area (Å²) in [7, 11) is 0. The molecule has 0 aliphatic heterocycles. The first-order valence-corrected chi connectivity index (χ1v) is 9.85. The van der Waals surface area contributed by atoms with E-state index in [4.69, 9.17) is 21.0 Å². The summed E-state index contributed by atoms with van der Waals surface area (Å²) in [5.41, 5.74) is 1.16. The molecular formula is C20H27ClN4O. The third kappa shape index (κ3) is 6.37. The van der Waals surface area contributed by atoms with Crippen LogP contribution in [-0.2, 0) is 12.8 Å². The second kappa shape index (κ2) is 10.2. The van der Waals surface area contributed by atoms with Crippen LogP contribution >= 0.6 is 11.6 Å². The van der Waals surface area contributed by atoms with E-state index in [0.717, 1.165) is 36.7 Å². The molecule has 140 valence electrons. The van der Waals surface area contributed by atoms with Crippen LogP contribution in [0, 0.1) is 0 Å². The van der Waals surface area contributed by atoms with Crippen LogP contribution < -0.4 is 10.6 Å². The number of hydrogen-bond acceptors (Lipinski definition) is 3. The van der Waals surface area contributed by atoms with E-state index in [1.165, 1.54) is 32.1 Å². The van der Waals surface area contributed by atoms with Gasteiger partial charge in [-0.1, -0.05) is 36.9 Å². The average molecular weight is 375 g/mol. The van der Waals surface area contributed by atoms with Crippen molar-refractivity contribution in [2.45, 2.75) is 51.0 Å². The van der Waals surface area contributed by atoms with E-state index >= 15 is 0 Å². The number of aromatic nitrogens is 1. The van der Waals surface area contributed by atoms with Crippen molar-refractivity contribution < 1.29 is 4.42 Å². The highest BCUT2D eigenvalue weighted by molar-refractivity contribution is 6.29. The molecule has 1 fully saturated rings. The number of halogens is 1. The van der Waals surface area contributed by atoms with Gasteiger partial charge in [-0.15, -0.1) is 0 Å². The topological polar surface area (TPSA) is 62.5 Å². The van der Waals surface area contributed by atoms with Crippen LogP contribution in [0.3, 0.4) is 0 Å². The maximum Gasteiger partial charge on any atom is 0.191 e. The molecule has 0 spiro atoms. The minimum absolute atomic E-state index is 0.524. The van der Waals surface area contributed by atoms with Crippen LogP contribution in [0.1, 0.15) is 43.4 Å². The van der Waals surface area contributed by atoms with Crippen molar-refractivity contribution in [1.82, 2.24) is 15.6 Å². The molecule has 0 saturated heterocycles. The predicted molar refractivity (Wildman–Crippen MR) is 106 cm³/mol. The molecule has 0 unspecified atom stereocenters. The third-order valence-corrected chi connectivity index (χ3v) is 4.87. The summed E-state index contributed by atoms with van der Waals surface area (Å²) in [6.45, 7) is 1.51. The molecule has 3 rings (SSSR count). The molecule has 6 heteroatoms. The van der Waals surface area contributed by atoms with Crippen molar-refractivity contribution in [3.8, 4) is 0 Å². The lowest BCUT2D eigenvalue weighted by atomic mass is 9.96. The Kier molecular flexibility index (Phi) is 7.37. The highest BCUT2D eigenvalue weighted by Gasteiger charge is 2.14. The molecule has 2 N–H and O–H groups in total. The summed E-state index contributed by atoms with van der Waals surface area (Å²) in [4.78, 5) is 8.87. The van der Waals surface area contributed by atoms with E-state index < -0.39 is 0 Å². The molecule has 1 saturated carbocycles. The smallest absolute Gasteiger partial charge is 0.191 e. The molecule has 26 heavy (non-hydrogen) atoms. The Labute approximate surface area is 160 Å². The normalized spacial score (nSPS) is 15.8. The second-order valence-electron chi connectivity index (χ2n) is 6.70. The minimum atomic E-state index is 0.524. The lowest BCUT2D eigenvalue weighted by molar-refractivity contribution is 0.410. The van der Waals surface area contributed by atoms with Gasteiger partial charge in [0.25, 0.3) is 0 Å². The molecule has 1 aliphatic carbocycles. The predicted octanol–water partition coefficient (Wildman–Crippen LogP) is 3.98. The molecule has 1 aliphatic rings. The fourth-order valence-corrected chi connectivity index (χ4v) is 3.32. The average Bonchev–Trinajstić information content (AvgIpc) is 3.17. The van der Waals surface area contributed by atoms with Gasteiger partial charge >= 0.3 is 0 Å². The van der Waals surface area contributed by atoms with Crippen LogP contribution in [0.25, 0.3) is 0 Å². The van der Waals surface area contributed by atoms with Gasteiger partial charge in [-0.05, 0) is 43.0 Å². The van der Waals surface area contributed by atoms with Gasteiger partial charge in [0.05, 0.1) is 6.26 Å². The third-order valence-electron chi connectivity index (χ3n) is 4.65. The van der Waals surface area contributed by atoms with Crippen LogP contribution in [0.5, 0.6) is 0 Å². The number of nitrogens with zero attached hydrogens (tertiary/aromatic N) is 2. The Morgan fingerprint density at radius 1 is 1.19 bits per heavy atom. The summed E-state index contributed by atoms with van der Waals surface area (Å²) in [6, 6.07) is 8.27. The SMILES string of the molecule is Clc1ccc(CCNC(=NCCc2ccco2)NC2CCCCC2)cn1. The lowest BCUT2D eigenvalue weighted by Crippen LogP contribution is -2.45. The van der Waals surface area contributed by atoms with Crippen LogP contribution in [0.15, 0.2) is 46.1 Å². The Morgan fingerprint density at radius 2 is 2.08 bits per heavy atom. The summed E-state index contributed by atoms with van der Waals surface area (Å²) >= 11 is 5.84. The first-order chi connectivity index (χ1) is 12.8. The zero-order valence-corrected chi connectivity index (χ0v) is 15.8. The summed E-state index contributed by atoms with van der Waals surface area (Å²) in [5.74, 6) is 1.86. The summed E-state index contributed by atoms with van der Waals surface area (Å²) < 4.78 is 5.39. The number of furan rings is 1. The molecule has 0 amide bonds. The van der Waals surface area contributed by atoms with Crippen molar-refractivity contribution >= 4 is 17.6 Å². The van der Waals surface area contributed by atoms with Crippen LogP contribution in [0.4, 0.5) is 0 Å². The van der Waals surface area contributed by atoms with Crippen molar-refractivity contribution in [3.63, 3.8) is 0 Å². The largest absolute Gasteiger partial charge is 0.469 e. The monoisotopic (exact) mass is 374 g/mol. The first-order valence-electron chi connectivity index (χ1n) is 9.47. The van der Waals surface area contributed by atoms with Crippen molar-refractivity contribution in [1.29, 1.82) is 0 Å². The lowest BCUT2D eigenvalue weighted by Gasteiger charge is -2.25. The summed E-state index contributed by atoms with van der Waals surface area (Å²) in [5, 5.41) is 7.59.